The molecule has 0 radical (unpaired) electrons. The number of hydrogen-bond donors (Lipinski definition) is 2. The van der Waals surface area contributed by atoms with Gasteiger partial charge in [0.2, 0.25) is 11.8 Å². The predicted octanol–water partition coefficient (Wildman–Crippen LogP) is 4.16. The molecule has 0 unspecified atom stereocenters. The number of carbonyl (C=O) groups excluding carboxylic acids is 6. The molecule has 3 atom stereocenters. The largest absolute Gasteiger partial charge is 0.496 e. The number of nitrogens with one attached hydrogen (secondary N) is 2. The van der Waals surface area contributed by atoms with Crippen molar-refractivity contribution < 1.29 is 43.0 Å². The van der Waals surface area contributed by atoms with Gasteiger partial charge in [-0.05, 0) is 68.4 Å². The lowest BCUT2D eigenvalue weighted by molar-refractivity contribution is -0.133. The summed E-state index contributed by atoms with van der Waals surface area (Å²) in [5, 5.41) is 6.20. The molecule has 0 spiro atoms. The van der Waals surface area contributed by atoms with Crippen LogP contribution in [0.25, 0.3) is 10.9 Å². The Balaban J connectivity index is 1.55. The van der Waals surface area contributed by atoms with E-state index < -0.39 is 60.3 Å². The standard InChI is InChI=1S/C35H42N4O9/c1-20(2)17-26(37-34(44)38-16-14-24-27(38)11-8-12-29(24)46-5)31(41)36-25(18-23-13-15-39(32(23)42)35(45)47-6)28(40)19-48-33(43)30-21(3)9-7-10-22(30)4/h7-12,14,16,20,23,25-26H,13,15,17-19H2,1-6H3,(H,36,41)(H,37,44)/t23-,25-,26-/m0/s1. The van der Waals surface area contributed by atoms with Crippen LogP contribution < -0.4 is 15.4 Å². The van der Waals surface area contributed by atoms with Crippen LogP contribution in [0, 0.1) is 25.7 Å². The number of ether oxygens (including phenoxy) is 3. The fraction of sp³-hybridized carbons (Fsp3) is 0.429. The van der Waals surface area contributed by atoms with E-state index >= 15 is 0 Å². The maximum atomic E-state index is 13.8. The molecule has 48 heavy (non-hydrogen) atoms. The highest BCUT2D eigenvalue weighted by Gasteiger charge is 2.40. The number of Topliss-reactive ketones (excluding diaryl/α,β-unsaturated/α-hetero) is 1. The SMILES string of the molecule is COC(=O)N1CC[C@@H](C[C@H](NC(=O)[C@H](CC(C)C)NC(=O)n2ccc3c(OC)cccc32)C(=O)COC(=O)c2c(C)cccc2C)C1=O. The van der Waals surface area contributed by atoms with E-state index in [0.29, 0.717) is 33.3 Å². The summed E-state index contributed by atoms with van der Waals surface area (Å²) in [6.45, 7) is 6.70. The Morgan fingerprint density at radius 2 is 1.62 bits per heavy atom. The summed E-state index contributed by atoms with van der Waals surface area (Å²) in [6, 6.07) is 9.42. The van der Waals surface area contributed by atoms with Gasteiger partial charge < -0.3 is 24.8 Å². The zero-order valence-electron chi connectivity index (χ0n) is 28.0. The quantitative estimate of drug-likeness (QED) is 0.271. The Morgan fingerprint density at radius 1 is 0.938 bits per heavy atom. The maximum Gasteiger partial charge on any atom is 0.416 e. The van der Waals surface area contributed by atoms with Crippen LogP contribution in [0.5, 0.6) is 5.75 Å². The van der Waals surface area contributed by atoms with E-state index in [9.17, 15) is 28.8 Å². The smallest absolute Gasteiger partial charge is 0.416 e. The summed E-state index contributed by atoms with van der Waals surface area (Å²) in [6.07, 6.45) is 1.09. The number of methoxy groups -OCH3 is 2. The molecule has 0 bridgehead atoms. The number of aryl methyl sites for hydroxylation is 2. The summed E-state index contributed by atoms with van der Waals surface area (Å²) in [7, 11) is 2.69. The second kappa shape index (κ2) is 15.6. The van der Waals surface area contributed by atoms with Gasteiger partial charge in [-0.1, -0.05) is 38.1 Å². The molecular formula is C35H42N4O9. The van der Waals surface area contributed by atoms with E-state index in [1.54, 1.807) is 62.5 Å². The molecule has 1 aliphatic heterocycles. The van der Waals surface area contributed by atoms with Crippen LogP contribution in [0.1, 0.15) is 54.6 Å². The minimum absolute atomic E-state index is 0.0277. The average Bonchev–Trinajstić information content (AvgIpc) is 3.65. The van der Waals surface area contributed by atoms with Gasteiger partial charge in [-0.2, -0.15) is 0 Å². The first kappa shape index (κ1) is 35.7. The number of rotatable bonds is 12. The van der Waals surface area contributed by atoms with E-state index in [-0.39, 0.29) is 31.7 Å². The molecule has 13 nitrogen and oxygen atoms in total. The van der Waals surface area contributed by atoms with Crippen LogP contribution in [0.2, 0.25) is 0 Å². The molecule has 1 aliphatic rings. The van der Waals surface area contributed by atoms with E-state index in [2.05, 4.69) is 10.6 Å². The van der Waals surface area contributed by atoms with Crippen molar-refractivity contribution in [3.63, 3.8) is 0 Å². The molecule has 1 saturated heterocycles. The minimum Gasteiger partial charge on any atom is -0.496 e. The number of imide groups is 1. The summed E-state index contributed by atoms with van der Waals surface area (Å²) >= 11 is 0. The highest BCUT2D eigenvalue weighted by Crippen LogP contribution is 2.27. The third-order valence-corrected chi connectivity index (χ3v) is 8.42. The topological polar surface area (TPSA) is 162 Å². The van der Waals surface area contributed by atoms with Crippen molar-refractivity contribution in [1.82, 2.24) is 20.1 Å². The molecule has 2 N–H and O–H groups in total. The molecule has 1 aromatic heterocycles. The first-order valence-corrected chi connectivity index (χ1v) is 15.8. The van der Waals surface area contributed by atoms with Crippen molar-refractivity contribution in [2.45, 2.75) is 59.0 Å². The molecule has 256 valence electrons. The Bertz CT molecular complexity index is 1690. The molecule has 3 aromatic rings. The molecule has 1 fully saturated rings. The summed E-state index contributed by atoms with van der Waals surface area (Å²) in [4.78, 5) is 79.9. The van der Waals surface area contributed by atoms with E-state index in [0.717, 1.165) is 12.0 Å². The van der Waals surface area contributed by atoms with Gasteiger partial charge in [0.1, 0.15) is 11.8 Å². The lowest BCUT2D eigenvalue weighted by Crippen LogP contribution is -2.53. The number of ketones is 1. The Labute approximate surface area is 278 Å². The second-order valence-electron chi connectivity index (χ2n) is 12.3. The van der Waals surface area contributed by atoms with Crippen molar-refractivity contribution in [1.29, 1.82) is 0 Å². The third kappa shape index (κ3) is 8.01. The molecule has 13 heteroatoms. The molecule has 0 saturated carbocycles. The zero-order chi connectivity index (χ0) is 35.1. The van der Waals surface area contributed by atoms with Crippen LogP contribution >= 0.6 is 0 Å². The van der Waals surface area contributed by atoms with Crippen LogP contribution in [0.3, 0.4) is 0 Å². The van der Waals surface area contributed by atoms with Crippen molar-refractivity contribution in [3.8, 4) is 5.75 Å². The van der Waals surface area contributed by atoms with Crippen molar-refractivity contribution in [2.24, 2.45) is 11.8 Å². The number of nitrogens with zero attached hydrogens (tertiary/aromatic N) is 2. The van der Waals surface area contributed by atoms with Crippen molar-refractivity contribution >= 4 is 46.6 Å². The van der Waals surface area contributed by atoms with Crippen LogP contribution in [-0.4, -0.2) is 84.6 Å². The average molecular weight is 663 g/mol. The number of aromatic nitrogens is 1. The van der Waals surface area contributed by atoms with Crippen LogP contribution in [0.4, 0.5) is 9.59 Å². The molecule has 4 amide bonds. The summed E-state index contributed by atoms with van der Waals surface area (Å²) in [5.74, 6) is -2.76. The first-order chi connectivity index (χ1) is 22.9. The zero-order valence-corrected chi connectivity index (χ0v) is 28.0. The van der Waals surface area contributed by atoms with Gasteiger partial charge in [0.05, 0.1) is 31.3 Å². The van der Waals surface area contributed by atoms with Crippen LogP contribution in [0.15, 0.2) is 48.7 Å². The number of likely N-dealkylation sites (tertiary alicyclic amines) is 1. The number of esters is 1. The molecule has 2 aromatic carbocycles. The van der Waals surface area contributed by atoms with Gasteiger partial charge in [-0.15, -0.1) is 0 Å². The fourth-order valence-electron chi connectivity index (χ4n) is 5.94. The summed E-state index contributed by atoms with van der Waals surface area (Å²) in [5.41, 5.74) is 2.26. The van der Waals surface area contributed by atoms with Gasteiger partial charge >= 0.3 is 18.1 Å². The minimum atomic E-state index is -1.27. The number of amides is 4. The highest BCUT2D eigenvalue weighted by molar-refractivity contribution is 5.99. The van der Waals surface area contributed by atoms with E-state index in [1.807, 2.05) is 13.8 Å². The lowest BCUT2D eigenvalue weighted by atomic mass is 9.95. The van der Waals surface area contributed by atoms with Gasteiger partial charge in [-0.3, -0.25) is 19.0 Å². The fourth-order valence-corrected chi connectivity index (χ4v) is 5.94. The molecule has 4 rings (SSSR count). The van der Waals surface area contributed by atoms with Gasteiger partial charge in [0.25, 0.3) is 0 Å². The van der Waals surface area contributed by atoms with Crippen molar-refractivity contribution in [2.75, 3.05) is 27.4 Å². The molecule has 2 heterocycles. The Hall–Kier alpha value is -5.20. The van der Waals surface area contributed by atoms with Gasteiger partial charge in [0.15, 0.2) is 12.4 Å². The second-order valence-corrected chi connectivity index (χ2v) is 12.3. The first-order valence-electron chi connectivity index (χ1n) is 15.8. The third-order valence-electron chi connectivity index (χ3n) is 8.42. The number of fused-ring (bicyclic) bond motifs is 1. The van der Waals surface area contributed by atoms with Crippen LogP contribution in [-0.2, 0) is 23.9 Å². The number of hydrogen-bond acceptors (Lipinski definition) is 9. The molecule has 0 aliphatic carbocycles. The normalized spacial score (nSPS) is 15.6. The van der Waals surface area contributed by atoms with Gasteiger partial charge in [0, 0.05) is 24.0 Å². The van der Waals surface area contributed by atoms with E-state index in [4.69, 9.17) is 14.2 Å². The summed E-state index contributed by atoms with van der Waals surface area (Å²) < 4.78 is 16.8. The predicted molar refractivity (Wildman–Crippen MR) is 176 cm³/mol. The highest BCUT2D eigenvalue weighted by atomic mass is 16.5. The monoisotopic (exact) mass is 662 g/mol. The number of carbonyl (C=O) groups is 6. The lowest BCUT2D eigenvalue weighted by Gasteiger charge is -2.25. The van der Waals surface area contributed by atoms with E-state index in [1.165, 1.54) is 11.7 Å². The Kier molecular flexibility index (Phi) is 11.6. The maximum absolute atomic E-state index is 13.8. The molecular weight excluding hydrogens is 620 g/mol. The van der Waals surface area contributed by atoms with Crippen molar-refractivity contribution in [3.05, 3.63) is 65.4 Å². The van der Waals surface area contributed by atoms with Gasteiger partial charge in [-0.25, -0.2) is 19.3 Å². The number of benzene rings is 2. The Morgan fingerprint density at radius 3 is 2.27 bits per heavy atom.